The van der Waals surface area contributed by atoms with Crippen molar-refractivity contribution in [2.75, 3.05) is 26.4 Å². The molecular weight excluding hydrogens is 572 g/mol. The number of carbonyl (C=O) groups excluding carboxylic acids is 5. The Morgan fingerprint density at radius 1 is 0.636 bits per heavy atom. The molecule has 0 N–H and O–H groups in total. The molecule has 0 saturated carbocycles. The van der Waals surface area contributed by atoms with Gasteiger partial charge in [-0.05, 0) is 66.7 Å². The van der Waals surface area contributed by atoms with Gasteiger partial charge in [0, 0.05) is 18.6 Å². The van der Waals surface area contributed by atoms with Gasteiger partial charge in [0.1, 0.15) is 36.2 Å². The van der Waals surface area contributed by atoms with Crippen LogP contribution >= 0.6 is 0 Å². The van der Waals surface area contributed by atoms with E-state index in [1.165, 1.54) is 54.6 Å². The summed E-state index contributed by atoms with van der Waals surface area (Å²) >= 11 is 0. The van der Waals surface area contributed by atoms with Crippen LogP contribution in [-0.2, 0) is 19.1 Å². The molecule has 0 aliphatic rings. The normalized spacial score (nSPS) is 10.2. The highest BCUT2D eigenvalue weighted by atomic mass is 16.6. The predicted molar refractivity (Wildman–Crippen MR) is 157 cm³/mol. The maximum atomic E-state index is 12.7. The van der Waals surface area contributed by atoms with Crippen LogP contribution < -0.4 is 18.9 Å². The van der Waals surface area contributed by atoms with Crippen molar-refractivity contribution in [3.05, 3.63) is 109 Å². The average Bonchev–Trinajstić information content (AvgIpc) is 3.04. The number of carbonyl (C=O) groups is 5. The monoisotopic (exact) mass is 602 g/mol. The third kappa shape index (κ3) is 10.1. The first-order valence-corrected chi connectivity index (χ1v) is 13.4. The van der Waals surface area contributed by atoms with E-state index in [-0.39, 0.29) is 72.6 Å². The fourth-order valence-corrected chi connectivity index (χ4v) is 3.48. The van der Waals surface area contributed by atoms with Crippen LogP contribution in [-0.4, -0.2) is 56.1 Å². The molecule has 0 heterocycles. The van der Waals surface area contributed by atoms with Crippen LogP contribution in [0.5, 0.6) is 23.0 Å². The lowest BCUT2D eigenvalue weighted by atomic mass is 10.1. The number of hydrogen-bond acceptors (Lipinski definition) is 11. The van der Waals surface area contributed by atoms with Gasteiger partial charge in [0.2, 0.25) is 0 Å². The van der Waals surface area contributed by atoms with Crippen molar-refractivity contribution in [2.45, 2.75) is 13.3 Å². The molecule has 11 heteroatoms. The van der Waals surface area contributed by atoms with E-state index in [9.17, 15) is 24.0 Å². The number of esters is 4. The molecule has 0 spiro atoms. The van der Waals surface area contributed by atoms with Crippen molar-refractivity contribution in [3.63, 3.8) is 0 Å². The lowest BCUT2D eigenvalue weighted by molar-refractivity contribution is -0.139. The topological polar surface area (TPSA) is 141 Å². The van der Waals surface area contributed by atoms with E-state index >= 15 is 0 Å². The fraction of sp³-hybridized carbons (Fsp3) is 0.182. The highest BCUT2D eigenvalue weighted by Crippen LogP contribution is 2.28. The molecule has 3 rings (SSSR count). The summed E-state index contributed by atoms with van der Waals surface area (Å²) in [5.74, 6) is -2.13. The zero-order valence-electron chi connectivity index (χ0n) is 23.9. The van der Waals surface area contributed by atoms with Gasteiger partial charge in [-0.3, -0.25) is 4.79 Å². The summed E-state index contributed by atoms with van der Waals surface area (Å²) in [6.07, 6.45) is 2.19. The van der Waals surface area contributed by atoms with Gasteiger partial charge >= 0.3 is 23.9 Å². The summed E-state index contributed by atoms with van der Waals surface area (Å²) in [4.78, 5) is 60.4. The van der Waals surface area contributed by atoms with Gasteiger partial charge < -0.3 is 28.4 Å². The molecule has 0 saturated heterocycles. The molecule has 0 aliphatic carbocycles. The van der Waals surface area contributed by atoms with Crippen LogP contribution in [0, 0.1) is 0 Å². The Morgan fingerprint density at radius 2 is 1.20 bits per heavy atom. The van der Waals surface area contributed by atoms with E-state index in [1.807, 2.05) is 0 Å². The van der Waals surface area contributed by atoms with E-state index in [4.69, 9.17) is 28.4 Å². The Labute approximate surface area is 253 Å². The van der Waals surface area contributed by atoms with Gasteiger partial charge in [-0.1, -0.05) is 20.1 Å². The maximum Gasteiger partial charge on any atom is 0.343 e. The third-order valence-electron chi connectivity index (χ3n) is 5.69. The first-order chi connectivity index (χ1) is 21.2. The summed E-state index contributed by atoms with van der Waals surface area (Å²) in [5, 5.41) is 0. The summed E-state index contributed by atoms with van der Waals surface area (Å²) in [7, 11) is 0. The molecular formula is C33H30O11. The zero-order valence-corrected chi connectivity index (χ0v) is 23.9. The maximum absolute atomic E-state index is 12.7. The highest BCUT2D eigenvalue weighted by molar-refractivity contribution is 6.01. The number of Topliss-reactive ketones (excluding diaryl/α,β-unsaturated/α-hetero) is 1. The van der Waals surface area contributed by atoms with Crippen LogP contribution in [0.4, 0.5) is 0 Å². The van der Waals surface area contributed by atoms with Crippen LogP contribution in [0.25, 0.3) is 0 Å². The first kappa shape index (κ1) is 33.0. The summed E-state index contributed by atoms with van der Waals surface area (Å²) in [6, 6.07) is 16.0. The standard InChI is InChI=1S/C33H30O11/c1-4-28(34)27-21-26(15-16-29(27)44-33(38)23-9-13-25(14-10-23)42-31(36)6-3)43-32(37)22-7-11-24(12-8-22)40-19-17-39-18-20-41-30(35)5-2/h5-16,21H,2-4,17-20H2,1H3. The molecule has 0 amide bonds. The van der Waals surface area contributed by atoms with Gasteiger partial charge in [-0.15, -0.1) is 0 Å². The summed E-state index contributed by atoms with van der Waals surface area (Å²) < 4.78 is 31.6. The quantitative estimate of drug-likeness (QED) is 0.0724. The minimum Gasteiger partial charge on any atom is -0.491 e. The van der Waals surface area contributed by atoms with Crippen LogP contribution in [0.3, 0.4) is 0 Å². The first-order valence-electron chi connectivity index (χ1n) is 13.4. The Bertz CT molecular complexity index is 1510. The van der Waals surface area contributed by atoms with Crippen molar-refractivity contribution < 1.29 is 52.4 Å². The lowest BCUT2D eigenvalue weighted by Crippen LogP contribution is -2.13. The third-order valence-corrected chi connectivity index (χ3v) is 5.69. The van der Waals surface area contributed by atoms with Crippen molar-refractivity contribution in [1.29, 1.82) is 0 Å². The lowest BCUT2D eigenvalue weighted by Gasteiger charge is -2.12. The Kier molecular flexibility index (Phi) is 12.6. The molecule has 0 fully saturated rings. The molecule has 44 heavy (non-hydrogen) atoms. The van der Waals surface area contributed by atoms with Crippen molar-refractivity contribution in [3.8, 4) is 23.0 Å². The van der Waals surface area contributed by atoms with Crippen molar-refractivity contribution in [2.24, 2.45) is 0 Å². The molecule has 0 radical (unpaired) electrons. The second-order valence-corrected chi connectivity index (χ2v) is 8.72. The van der Waals surface area contributed by atoms with Crippen LogP contribution in [0.1, 0.15) is 44.4 Å². The molecule has 3 aromatic carbocycles. The Morgan fingerprint density at radius 3 is 1.82 bits per heavy atom. The fourth-order valence-electron chi connectivity index (χ4n) is 3.48. The molecule has 0 bridgehead atoms. The Balaban J connectivity index is 1.57. The SMILES string of the molecule is C=CC(=O)OCCOCCOc1ccc(C(=O)Oc2ccc(OC(=O)c3ccc(OC(=O)C=C)cc3)c(C(=O)CC)c2)cc1. The predicted octanol–water partition coefficient (Wildman–Crippen LogP) is 4.93. The number of ketones is 1. The molecule has 3 aromatic rings. The Hall–Kier alpha value is -5.55. The van der Waals surface area contributed by atoms with E-state index in [0.29, 0.717) is 5.75 Å². The van der Waals surface area contributed by atoms with Gasteiger partial charge in [-0.2, -0.15) is 0 Å². The second-order valence-electron chi connectivity index (χ2n) is 8.72. The number of benzene rings is 3. The van der Waals surface area contributed by atoms with Crippen LogP contribution in [0.2, 0.25) is 0 Å². The number of rotatable bonds is 16. The van der Waals surface area contributed by atoms with Crippen LogP contribution in [0.15, 0.2) is 92.0 Å². The van der Waals surface area contributed by atoms with E-state index in [0.717, 1.165) is 12.2 Å². The molecule has 0 aromatic heterocycles. The molecule has 0 aliphatic heterocycles. The van der Waals surface area contributed by atoms with E-state index < -0.39 is 23.9 Å². The zero-order chi connectivity index (χ0) is 31.9. The minimum atomic E-state index is -0.746. The van der Waals surface area contributed by atoms with Gasteiger partial charge in [-0.25, -0.2) is 19.2 Å². The van der Waals surface area contributed by atoms with E-state index in [1.54, 1.807) is 19.1 Å². The molecule has 0 unspecified atom stereocenters. The van der Waals surface area contributed by atoms with Crippen molar-refractivity contribution >= 4 is 29.7 Å². The number of ether oxygens (including phenoxy) is 6. The van der Waals surface area contributed by atoms with E-state index in [2.05, 4.69) is 13.2 Å². The summed E-state index contributed by atoms with van der Waals surface area (Å²) in [6.45, 7) is 9.09. The van der Waals surface area contributed by atoms with Crippen molar-refractivity contribution in [1.82, 2.24) is 0 Å². The molecule has 0 atom stereocenters. The largest absolute Gasteiger partial charge is 0.491 e. The average molecular weight is 603 g/mol. The summed E-state index contributed by atoms with van der Waals surface area (Å²) in [5.41, 5.74) is 0.450. The second kappa shape index (κ2) is 16.8. The highest BCUT2D eigenvalue weighted by Gasteiger charge is 2.19. The smallest absolute Gasteiger partial charge is 0.343 e. The molecule has 228 valence electrons. The number of hydrogen-bond donors (Lipinski definition) is 0. The molecule has 11 nitrogen and oxygen atoms in total. The minimum absolute atomic E-state index is 0.00734. The van der Waals surface area contributed by atoms with Gasteiger partial charge in [0.25, 0.3) is 0 Å². The van der Waals surface area contributed by atoms with Gasteiger partial charge in [0.15, 0.2) is 5.78 Å². The van der Waals surface area contributed by atoms with Gasteiger partial charge in [0.05, 0.1) is 29.9 Å².